The van der Waals surface area contributed by atoms with Gasteiger partial charge in [-0.25, -0.2) is 4.39 Å². The number of hydrogen-bond acceptors (Lipinski definition) is 7. The highest BCUT2D eigenvalue weighted by Gasteiger charge is 2.22. The zero-order valence-corrected chi connectivity index (χ0v) is 22.2. The molecule has 1 saturated heterocycles. The molecule has 1 aliphatic heterocycles. The topological polar surface area (TPSA) is 74.9 Å². The molecule has 4 aromatic rings. The van der Waals surface area contributed by atoms with E-state index >= 15 is 0 Å². The summed E-state index contributed by atoms with van der Waals surface area (Å²) in [5.41, 5.74) is 2.28. The van der Waals surface area contributed by atoms with E-state index in [1.165, 1.54) is 11.6 Å². The Morgan fingerprint density at radius 3 is 2.37 bits per heavy atom. The molecule has 0 spiro atoms. The Balaban J connectivity index is 1.08. The predicted octanol–water partition coefficient (Wildman–Crippen LogP) is 4.88. The van der Waals surface area contributed by atoms with Gasteiger partial charge in [0.2, 0.25) is 0 Å². The van der Waals surface area contributed by atoms with Crippen LogP contribution in [0.5, 0.6) is 5.75 Å². The van der Waals surface area contributed by atoms with E-state index in [1.54, 1.807) is 12.1 Å². The summed E-state index contributed by atoms with van der Waals surface area (Å²) in [6, 6.07) is 18.6. The number of β-amino-alcohol motifs (C(OH)–C–C–N with tert-alkyl or cyclic N) is 1. The van der Waals surface area contributed by atoms with E-state index < -0.39 is 6.10 Å². The van der Waals surface area contributed by atoms with E-state index in [2.05, 4.69) is 52.8 Å². The summed E-state index contributed by atoms with van der Waals surface area (Å²) in [6.07, 6.45) is -0.673. The van der Waals surface area contributed by atoms with Crippen molar-refractivity contribution in [3.8, 4) is 17.2 Å². The molecule has 1 N–H and O–H groups in total. The second kappa shape index (κ2) is 11.2. The fourth-order valence-corrected chi connectivity index (χ4v) is 4.80. The summed E-state index contributed by atoms with van der Waals surface area (Å²) in [7, 11) is 0. The maximum absolute atomic E-state index is 14.3. The molecule has 1 aromatic heterocycles. The fourth-order valence-electron chi connectivity index (χ4n) is 4.80. The van der Waals surface area contributed by atoms with Crippen LogP contribution in [0.4, 0.5) is 4.39 Å². The van der Waals surface area contributed by atoms with Crippen molar-refractivity contribution in [1.82, 2.24) is 19.9 Å². The standard InChI is InChI=1S/C30H35FN4O3/c1-30(2,3)23-12-10-22(11-13-23)29-32-27(33-38-29)19-35-16-14-34(15-17-35)18-24(36)20-37-26-9-5-7-21-6-4-8-25(31)28(21)26/h4-13,24,36H,14-20H2,1-3H3/t24-/m1/s1. The van der Waals surface area contributed by atoms with Gasteiger partial charge in [0, 0.05) is 38.3 Å². The average molecular weight is 519 g/mol. The number of piperazine rings is 1. The Labute approximate surface area is 222 Å². The molecular weight excluding hydrogens is 483 g/mol. The first-order chi connectivity index (χ1) is 18.3. The first kappa shape index (κ1) is 26.3. The molecule has 1 aliphatic rings. The molecule has 0 amide bonds. The summed E-state index contributed by atoms with van der Waals surface area (Å²) in [5, 5.41) is 16.0. The molecule has 0 unspecified atom stereocenters. The number of benzene rings is 3. The van der Waals surface area contributed by atoms with Crippen LogP contribution >= 0.6 is 0 Å². The monoisotopic (exact) mass is 518 g/mol. The van der Waals surface area contributed by atoms with Crippen LogP contribution in [0, 0.1) is 5.82 Å². The first-order valence-electron chi connectivity index (χ1n) is 13.1. The maximum Gasteiger partial charge on any atom is 0.257 e. The van der Waals surface area contributed by atoms with Crippen LogP contribution in [-0.4, -0.2) is 70.5 Å². The van der Waals surface area contributed by atoms with Gasteiger partial charge in [-0.3, -0.25) is 9.80 Å². The van der Waals surface area contributed by atoms with Gasteiger partial charge < -0.3 is 14.4 Å². The lowest BCUT2D eigenvalue weighted by atomic mass is 9.87. The van der Waals surface area contributed by atoms with Crippen molar-refractivity contribution in [2.24, 2.45) is 0 Å². The van der Waals surface area contributed by atoms with Crippen LogP contribution in [0.2, 0.25) is 0 Å². The minimum atomic E-state index is -0.673. The number of aromatic nitrogens is 2. The average Bonchev–Trinajstić information content (AvgIpc) is 3.37. The zero-order chi connectivity index (χ0) is 26.7. The highest BCUT2D eigenvalue weighted by Crippen LogP contribution is 2.28. The van der Waals surface area contributed by atoms with Crippen LogP contribution in [0.15, 0.2) is 65.2 Å². The number of fused-ring (bicyclic) bond motifs is 1. The highest BCUT2D eigenvalue weighted by molar-refractivity contribution is 5.88. The van der Waals surface area contributed by atoms with Crippen molar-refractivity contribution in [3.05, 3.63) is 77.9 Å². The largest absolute Gasteiger partial charge is 0.490 e. The van der Waals surface area contributed by atoms with Crippen molar-refractivity contribution in [2.75, 3.05) is 39.3 Å². The molecule has 0 saturated carbocycles. The van der Waals surface area contributed by atoms with Gasteiger partial charge in [-0.15, -0.1) is 0 Å². The van der Waals surface area contributed by atoms with Crippen LogP contribution in [-0.2, 0) is 12.0 Å². The highest BCUT2D eigenvalue weighted by atomic mass is 19.1. The van der Waals surface area contributed by atoms with E-state index in [-0.39, 0.29) is 17.8 Å². The Morgan fingerprint density at radius 1 is 0.974 bits per heavy atom. The quantitative estimate of drug-likeness (QED) is 0.356. The minimum Gasteiger partial charge on any atom is -0.490 e. The van der Waals surface area contributed by atoms with Crippen LogP contribution < -0.4 is 4.74 Å². The summed E-state index contributed by atoms with van der Waals surface area (Å²) in [5.74, 6) is 1.34. The number of nitrogens with zero attached hydrogens (tertiary/aromatic N) is 4. The normalized spacial score (nSPS) is 16.1. The van der Waals surface area contributed by atoms with Crippen molar-refractivity contribution < 1.29 is 18.8 Å². The summed E-state index contributed by atoms with van der Waals surface area (Å²) in [4.78, 5) is 9.10. The van der Waals surface area contributed by atoms with E-state index in [9.17, 15) is 9.50 Å². The lowest BCUT2D eigenvalue weighted by molar-refractivity contribution is 0.0443. The van der Waals surface area contributed by atoms with Gasteiger partial charge in [0.15, 0.2) is 5.82 Å². The van der Waals surface area contributed by atoms with Gasteiger partial charge in [-0.2, -0.15) is 4.98 Å². The van der Waals surface area contributed by atoms with Crippen molar-refractivity contribution in [1.29, 1.82) is 0 Å². The number of rotatable bonds is 8. The third-order valence-corrected chi connectivity index (χ3v) is 7.01. The predicted molar refractivity (Wildman–Crippen MR) is 146 cm³/mol. The van der Waals surface area contributed by atoms with E-state index in [4.69, 9.17) is 9.26 Å². The SMILES string of the molecule is CC(C)(C)c1ccc(-c2nc(CN3CCN(C[C@@H](O)COc4cccc5cccc(F)c45)CC3)no2)cc1. The first-order valence-corrected chi connectivity index (χ1v) is 13.1. The molecule has 0 bridgehead atoms. The van der Waals surface area contributed by atoms with Crippen molar-refractivity contribution in [3.63, 3.8) is 0 Å². The Bertz CT molecular complexity index is 1350. The number of aliphatic hydroxyl groups excluding tert-OH is 1. The van der Waals surface area contributed by atoms with Crippen LogP contribution in [0.25, 0.3) is 22.2 Å². The van der Waals surface area contributed by atoms with Crippen molar-refractivity contribution in [2.45, 2.75) is 38.8 Å². The van der Waals surface area contributed by atoms with Gasteiger partial charge in [0.05, 0.1) is 11.9 Å². The number of ether oxygens (including phenoxy) is 1. The van der Waals surface area contributed by atoms with Gasteiger partial charge >= 0.3 is 0 Å². The fraction of sp³-hybridized carbons (Fsp3) is 0.400. The van der Waals surface area contributed by atoms with E-state index in [1.807, 2.05) is 30.3 Å². The summed E-state index contributed by atoms with van der Waals surface area (Å²) in [6.45, 7) is 11.1. The van der Waals surface area contributed by atoms with Crippen LogP contribution in [0.3, 0.4) is 0 Å². The summed E-state index contributed by atoms with van der Waals surface area (Å²) >= 11 is 0. The molecule has 200 valence electrons. The van der Waals surface area contributed by atoms with Crippen LogP contribution in [0.1, 0.15) is 32.2 Å². The molecule has 1 fully saturated rings. The molecule has 0 aliphatic carbocycles. The third kappa shape index (κ3) is 6.20. The molecule has 7 nitrogen and oxygen atoms in total. The van der Waals surface area contributed by atoms with E-state index in [0.717, 1.165) is 37.1 Å². The minimum absolute atomic E-state index is 0.0972. The smallest absolute Gasteiger partial charge is 0.257 e. The Hall–Kier alpha value is -3.33. The molecule has 1 atom stereocenters. The summed E-state index contributed by atoms with van der Waals surface area (Å²) < 4.78 is 25.6. The molecule has 38 heavy (non-hydrogen) atoms. The zero-order valence-electron chi connectivity index (χ0n) is 22.2. The second-order valence-corrected chi connectivity index (χ2v) is 11.0. The lowest BCUT2D eigenvalue weighted by Gasteiger charge is -2.34. The third-order valence-electron chi connectivity index (χ3n) is 7.01. The maximum atomic E-state index is 14.3. The molecule has 2 heterocycles. The molecule has 5 rings (SSSR count). The number of hydrogen-bond donors (Lipinski definition) is 1. The number of halogens is 1. The van der Waals surface area contributed by atoms with Gasteiger partial charge in [0.25, 0.3) is 5.89 Å². The molecule has 3 aromatic carbocycles. The Kier molecular flexibility index (Phi) is 7.74. The molecule has 0 radical (unpaired) electrons. The second-order valence-electron chi connectivity index (χ2n) is 11.0. The van der Waals surface area contributed by atoms with Crippen molar-refractivity contribution >= 4 is 10.8 Å². The van der Waals surface area contributed by atoms with Gasteiger partial charge in [-0.05, 0) is 40.6 Å². The van der Waals surface area contributed by atoms with E-state index in [0.29, 0.717) is 35.9 Å². The van der Waals surface area contributed by atoms with Gasteiger partial charge in [0.1, 0.15) is 24.3 Å². The Morgan fingerprint density at radius 2 is 1.66 bits per heavy atom. The number of aliphatic hydroxyl groups is 1. The molecule has 8 heteroatoms. The molecular formula is C30H35FN4O3. The van der Waals surface area contributed by atoms with Gasteiger partial charge in [-0.1, -0.05) is 62.3 Å². The lowest BCUT2D eigenvalue weighted by Crippen LogP contribution is -2.48.